The first kappa shape index (κ1) is 16.0. The van der Waals surface area contributed by atoms with Crippen LogP contribution in [0, 0.1) is 20.8 Å². The zero-order chi connectivity index (χ0) is 17.3. The van der Waals surface area contributed by atoms with E-state index in [-0.39, 0.29) is 5.91 Å². The number of benzene rings is 1. The summed E-state index contributed by atoms with van der Waals surface area (Å²) in [7, 11) is 1.83. The Labute approximate surface area is 140 Å². The molecule has 0 radical (unpaired) electrons. The molecule has 24 heavy (non-hydrogen) atoms. The molecule has 0 aliphatic heterocycles. The highest BCUT2D eigenvalue weighted by molar-refractivity contribution is 6.00. The third-order valence-corrected chi connectivity index (χ3v) is 3.89. The molecule has 124 valence electrons. The molecule has 1 aromatic carbocycles. The third-order valence-electron chi connectivity index (χ3n) is 3.89. The Morgan fingerprint density at radius 2 is 2.08 bits per heavy atom. The van der Waals surface area contributed by atoms with Gasteiger partial charge in [0.25, 0.3) is 5.91 Å². The Balaban J connectivity index is 1.85. The first-order valence-electron chi connectivity index (χ1n) is 7.76. The minimum absolute atomic E-state index is 0.200. The minimum Gasteiger partial charge on any atom is -0.360 e. The predicted molar refractivity (Wildman–Crippen MR) is 90.5 cm³/mol. The van der Waals surface area contributed by atoms with E-state index in [0.717, 1.165) is 22.4 Å². The molecule has 0 aliphatic rings. The van der Waals surface area contributed by atoms with E-state index in [1.165, 1.54) is 0 Å². The molecule has 6 heteroatoms. The average molecular weight is 324 g/mol. The van der Waals surface area contributed by atoms with E-state index in [0.29, 0.717) is 23.6 Å². The van der Waals surface area contributed by atoms with E-state index in [9.17, 15) is 4.79 Å². The summed E-state index contributed by atoms with van der Waals surface area (Å²) in [5, 5.41) is 11.3. The molecule has 0 saturated carbocycles. The SMILES string of the molecule is Cc1cccc(CNC(=O)c2c(-c3cn(C)nc3C)noc2C)c1. The van der Waals surface area contributed by atoms with Gasteiger partial charge in [-0.25, -0.2) is 0 Å². The maximum absolute atomic E-state index is 12.7. The van der Waals surface area contributed by atoms with Gasteiger partial charge in [-0.05, 0) is 26.3 Å². The van der Waals surface area contributed by atoms with Crippen molar-refractivity contribution < 1.29 is 9.32 Å². The van der Waals surface area contributed by atoms with Crippen LogP contribution in [0.4, 0.5) is 0 Å². The van der Waals surface area contributed by atoms with Crippen molar-refractivity contribution in [2.75, 3.05) is 0 Å². The van der Waals surface area contributed by atoms with Crippen LogP contribution in [0.5, 0.6) is 0 Å². The van der Waals surface area contributed by atoms with Gasteiger partial charge >= 0.3 is 0 Å². The first-order chi connectivity index (χ1) is 11.5. The summed E-state index contributed by atoms with van der Waals surface area (Å²) in [6, 6.07) is 8.04. The molecule has 0 saturated heterocycles. The van der Waals surface area contributed by atoms with Crippen molar-refractivity contribution in [3.8, 4) is 11.3 Å². The Bertz CT molecular complexity index is 892. The molecule has 3 aromatic rings. The third kappa shape index (κ3) is 3.08. The van der Waals surface area contributed by atoms with Crippen LogP contribution in [0.3, 0.4) is 0 Å². The molecule has 0 bridgehead atoms. The molecule has 0 atom stereocenters. The molecule has 3 rings (SSSR count). The number of carbonyl (C=O) groups excluding carboxylic acids is 1. The molecule has 0 unspecified atom stereocenters. The molecular weight excluding hydrogens is 304 g/mol. The lowest BCUT2D eigenvalue weighted by Crippen LogP contribution is -2.23. The standard InChI is InChI=1S/C18H20N4O2/c1-11-6-5-7-14(8-11)9-19-18(23)16-13(3)24-21-17(16)15-10-22(4)20-12(15)2/h5-8,10H,9H2,1-4H3,(H,19,23). The van der Waals surface area contributed by atoms with Crippen LogP contribution in [0.1, 0.15) is 32.9 Å². The van der Waals surface area contributed by atoms with Gasteiger partial charge in [-0.2, -0.15) is 5.10 Å². The Morgan fingerprint density at radius 3 is 2.75 bits per heavy atom. The van der Waals surface area contributed by atoms with E-state index in [4.69, 9.17) is 4.52 Å². The Kier molecular flexibility index (Phi) is 4.20. The van der Waals surface area contributed by atoms with E-state index in [1.54, 1.807) is 11.6 Å². The lowest BCUT2D eigenvalue weighted by molar-refractivity contribution is 0.0950. The Morgan fingerprint density at radius 1 is 1.29 bits per heavy atom. The van der Waals surface area contributed by atoms with Gasteiger partial charge in [0, 0.05) is 25.4 Å². The number of hydrogen-bond acceptors (Lipinski definition) is 4. The van der Waals surface area contributed by atoms with Crippen LogP contribution >= 0.6 is 0 Å². The summed E-state index contributed by atoms with van der Waals surface area (Å²) in [4.78, 5) is 12.7. The lowest BCUT2D eigenvalue weighted by atomic mass is 10.1. The van der Waals surface area contributed by atoms with Gasteiger partial charge in [0.2, 0.25) is 0 Å². The van der Waals surface area contributed by atoms with Crippen LogP contribution in [0.25, 0.3) is 11.3 Å². The second kappa shape index (κ2) is 6.31. The van der Waals surface area contributed by atoms with Crippen molar-refractivity contribution in [3.05, 3.63) is 58.6 Å². The normalized spacial score (nSPS) is 10.8. The largest absolute Gasteiger partial charge is 0.360 e. The number of aryl methyl sites for hydroxylation is 4. The molecule has 1 amide bonds. The summed E-state index contributed by atoms with van der Waals surface area (Å²) in [6.45, 7) is 6.10. The number of aromatic nitrogens is 3. The highest BCUT2D eigenvalue weighted by Crippen LogP contribution is 2.27. The fraction of sp³-hybridized carbons (Fsp3) is 0.278. The summed E-state index contributed by atoms with van der Waals surface area (Å²) in [6.07, 6.45) is 1.84. The number of nitrogens with zero attached hydrogens (tertiary/aromatic N) is 3. The van der Waals surface area contributed by atoms with Crippen LogP contribution < -0.4 is 5.32 Å². The van der Waals surface area contributed by atoms with E-state index in [2.05, 4.69) is 15.6 Å². The summed E-state index contributed by atoms with van der Waals surface area (Å²) < 4.78 is 6.96. The van der Waals surface area contributed by atoms with Gasteiger partial charge in [0.15, 0.2) is 0 Å². The summed E-state index contributed by atoms with van der Waals surface area (Å²) in [5.74, 6) is 0.295. The monoisotopic (exact) mass is 324 g/mol. The number of nitrogens with one attached hydrogen (secondary N) is 1. The summed E-state index contributed by atoms with van der Waals surface area (Å²) >= 11 is 0. The van der Waals surface area contributed by atoms with Gasteiger partial charge in [-0.1, -0.05) is 35.0 Å². The zero-order valence-corrected chi connectivity index (χ0v) is 14.3. The van der Waals surface area contributed by atoms with Crippen molar-refractivity contribution in [3.63, 3.8) is 0 Å². The fourth-order valence-corrected chi connectivity index (χ4v) is 2.75. The summed E-state index contributed by atoms with van der Waals surface area (Å²) in [5.41, 5.74) is 4.80. The maximum Gasteiger partial charge on any atom is 0.257 e. The number of rotatable bonds is 4. The smallest absolute Gasteiger partial charge is 0.257 e. The number of hydrogen-bond donors (Lipinski definition) is 1. The van der Waals surface area contributed by atoms with Gasteiger partial charge in [-0.15, -0.1) is 0 Å². The highest BCUT2D eigenvalue weighted by Gasteiger charge is 2.23. The molecule has 1 N–H and O–H groups in total. The van der Waals surface area contributed by atoms with Crippen LogP contribution in [-0.4, -0.2) is 20.8 Å². The Hall–Kier alpha value is -2.89. The topological polar surface area (TPSA) is 73.0 Å². The van der Waals surface area contributed by atoms with Crippen molar-refractivity contribution in [2.45, 2.75) is 27.3 Å². The van der Waals surface area contributed by atoms with Crippen molar-refractivity contribution in [2.24, 2.45) is 7.05 Å². The van der Waals surface area contributed by atoms with Crippen LogP contribution in [0.15, 0.2) is 35.0 Å². The van der Waals surface area contributed by atoms with Crippen molar-refractivity contribution >= 4 is 5.91 Å². The average Bonchev–Trinajstić information content (AvgIpc) is 3.07. The second-order valence-corrected chi connectivity index (χ2v) is 5.94. The van der Waals surface area contributed by atoms with Crippen molar-refractivity contribution in [1.29, 1.82) is 0 Å². The molecule has 0 aliphatic carbocycles. The van der Waals surface area contributed by atoms with Crippen LogP contribution in [-0.2, 0) is 13.6 Å². The number of carbonyl (C=O) groups is 1. The molecule has 6 nitrogen and oxygen atoms in total. The van der Waals surface area contributed by atoms with E-state index < -0.39 is 0 Å². The molecule has 0 spiro atoms. The molecular formula is C18H20N4O2. The predicted octanol–water partition coefficient (Wildman–Crippen LogP) is 2.93. The second-order valence-electron chi connectivity index (χ2n) is 5.94. The maximum atomic E-state index is 12.7. The quantitative estimate of drug-likeness (QED) is 0.801. The van der Waals surface area contributed by atoms with E-state index in [1.807, 2.05) is 51.4 Å². The van der Waals surface area contributed by atoms with Gasteiger partial charge in [-0.3, -0.25) is 9.48 Å². The zero-order valence-electron chi connectivity index (χ0n) is 14.3. The lowest BCUT2D eigenvalue weighted by Gasteiger charge is -2.06. The van der Waals surface area contributed by atoms with Gasteiger partial charge in [0.05, 0.1) is 5.69 Å². The molecule has 0 fully saturated rings. The minimum atomic E-state index is -0.200. The van der Waals surface area contributed by atoms with Crippen LogP contribution in [0.2, 0.25) is 0 Å². The van der Waals surface area contributed by atoms with Gasteiger partial charge in [0.1, 0.15) is 17.0 Å². The first-order valence-corrected chi connectivity index (χ1v) is 7.76. The molecule has 2 aromatic heterocycles. The molecule has 2 heterocycles. The van der Waals surface area contributed by atoms with Crippen molar-refractivity contribution in [1.82, 2.24) is 20.3 Å². The van der Waals surface area contributed by atoms with Gasteiger partial charge < -0.3 is 9.84 Å². The fourth-order valence-electron chi connectivity index (χ4n) is 2.75. The van der Waals surface area contributed by atoms with E-state index >= 15 is 0 Å². The highest BCUT2D eigenvalue weighted by atomic mass is 16.5. The number of amides is 1.